The van der Waals surface area contributed by atoms with Gasteiger partial charge in [0.1, 0.15) is 5.54 Å². The molecule has 17 heavy (non-hydrogen) atoms. The first-order valence-electron chi connectivity index (χ1n) is 5.98. The van der Waals surface area contributed by atoms with E-state index in [0.717, 1.165) is 13.1 Å². The predicted octanol–water partition coefficient (Wildman–Crippen LogP) is -0.707. The summed E-state index contributed by atoms with van der Waals surface area (Å²) in [7, 11) is -0.689. The van der Waals surface area contributed by atoms with Gasteiger partial charge in [-0.05, 0) is 20.8 Å². The number of carbonyl (C=O) groups excluding carboxylic acids is 1. The molecule has 0 aliphatic carbocycles. The molecule has 0 bridgehead atoms. The van der Waals surface area contributed by atoms with Crippen molar-refractivity contribution in [1.82, 2.24) is 10.2 Å². The Morgan fingerprint density at radius 2 is 2.00 bits per heavy atom. The summed E-state index contributed by atoms with van der Waals surface area (Å²) in [5.41, 5.74) is 4.76. The number of nitrogens with two attached hydrogens (primary N) is 1. The first-order valence-corrected chi connectivity index (χ1v) is 7.47. The minimum Gasteiger partial charge on any atom is -0.368 e. The minimum absolute atomic E-state index is 0.200. The van der Waals surface area contributed by atoms with Crippen LogP contribution < -0.4 is 11.1 Å². The number of amides is 1. The van der Waals surface area contributed by atoms with Crippen LogP contribution in [0.3, 0.4) is 0 Å². The summed E-state index contributed by atoms with van der Waals surface area (Å²) in [6.07, 6.45) is 0. The number of nitrogens with one attached hydrogen (secondary N) is 1. The van der Waals surface area contributed by atoms with Gasteiger partial charge in [0.25, 0.3) is 0 Å². The third-order valence-electron chi connectivity index (χ3n) is 2.96. The maximum atomic E-state index is 11.6. The largest absolute Gasteiger partial charge is 0.368 e. The lowest BCUT2D eigenvalue weighted by Crippen LogP contribution is -2.62. The van der Waals surface area contributed by atoms with E-state index in [-0.39, 0.29) is 11.9 Å². The third-order valence-corrected chi connectivity index (χ3v) is 4.24. The van der Waals surface area contributed by atoms with Gasteiger partial charge in [-0.15, -0.1) is 0 Å². The standard InChI is InChI=1S/C11H23N3O2S/c1-9(2)13-11(3,10(12)15)8-14-4-6-17(16)7-5-14/h9,13H,4-8H2,1-3H3,(H2,12,15). The molecule has 1 atom stereocenters. The SMILES string of the molecule is CC(C)NC(C)(CN1CCS(=O)CC1)C(N)=O. The molecule has 1 amide bonds. The van der Waals surface area contributed by atoms with Crippen molar-refractivity contribution in [1.29, 1.82) is 0 Å². The van der Waals surface area contributed by atoms with Crippen LogP contribution >= 0.6 is 0 Å². The van der Waals surface area contributed by atoms with Crippen LogP contribution in [0, 0.1) is 0 Å². The summed E-state index contributed by atoms with van der Waals surface area (Å²) < 4.78 is 11.3. The molecule has 0 aromatic rings. The smallest absolute Gasteiger partial charge is 0.238 e. The fraction of sp³-hybridized carbons (Fsp3) is 0.909. The van der Waals surface area contributed by atoms with Gasteiger partial charge in [-0.25, -0.2) is 0 Å². The first kappa shape index (κ1) is 14.6. The van der Waals surface area contributed by atoms with Gasteiger partial charge in [-0.1, -0.05) is 0 Å². The molecular weight excluding hydrogens is 238 g/mol. The number of rotatable bonds is 5. The van der Waals surface area contributed by atoms with Gasteiger partial charge < -0.3 is 11.1 Å². The second-order valence-corrected chi connectivity index (χ2v) is 6.82. The highest BCUT2D eigenvalue weighted by molar-refractivity contribution is 7.85. The Labute approximate surface area is 106 Å². The van der Waals surface area contributed by atoms with Gasteiger partial charge >= 0.3 is 0 Å². The average molecular weight is 261 g/mol. The Hall–Kier alpha value is -0.460. The second kappa shape index (κ2) is 5.93. The number of primary amides is 1. The van der Waals surface area contributed by atoms with E-state index in [0.29, 0.717) is 18.1 Å². The van der Waals surface area contributed by atoms with Crippen molar-refractivity contribution in [2.24, 2.45) is 5.73 Å². The molecule has 1 unspecified atom stereocenters. The Bertz CT molecular complexity index is 299. The van der Waals surface area contributed by atoms with Crippen molar-refractivity contribution in [2.45, 2.75) is 32.4 Å². The molecule has 100 valence electrons. The molecule has 1 saturated heterocycles. The number of carbonyl (C=O) groups is 1. The van der Waals surface area contributed by atoms with Gasteiger partial charge in [0.2, 0.25) is 5.91 Å². The highest BCUT2D eigenvalue weighted by Crippen LogP contribution is 2.10. The Balaban J connectivity index is 2.60. The summed E-state index contributed by atoms with van der Waals surface area (Å²) in [5.74, 6) is 1.05. The minimum atomic E-state index is -0.715. The van der Waals surface area contributed by atoms with Crippen LogP contribution in [0.4, 0.5) is 0 Å². The van der Waals surface area contributed by atoms with E-state index in [1.165, 1.54) is 0 Å². The molecule has 1 aliphatic heterocycles. The van der Waals surface area contributed by atoms with Crippen LogP contribution in [0.25, 0.3) is 0 Å². The maximum absolute atomic E-state index is 11.6. The quantitative estimate of drug-likeness (QED) is 0.686. The van der Waals surface area contributed by atoms with E-state index in [1.807, 2.05) is 20.8 Å². The first-order chi connectivity index (χ1) is 7.83. The normalized spacial score (nSPS) is 22.6. The Morgan fingerprint density at radius 1 is 1.47 bits per heavy atom. The topological polar surface area (TPSA) is 75.4 Å². The lowest BCUT2D eigenvalue weighted by molar-refractivity contribution is -0.124. The summed E-state index contributed by atoms with van der Waals surface area (Å²) in [6, 6.07) is 0.200. The van der Waals surface area contributed by atoms with E-state index >= 15 is 0 Å². The van der Waals surface area contributed by atoms with Crippen molar-refractivity contribution >= 4 is 16.7 Å². The van der Waals surface area contributed by atoms with Gasteiger partial charge in [-0.3, -0.25) is 13.9 Å². The Morgan fingerprint density at radius 3 is 2.41 bits per heavy atom. The molecule has 0 spiro atoms. The maximum Gasteiger partial charge on any atom is 0.238 e. The summed E-state index contributed by atoms with van der Waals surface area (Å²) >= 11 is 0. The van der Waals surface area contributed by atoms with Gasteiger partial charge in [0, 0.05) is 48.0 Å². The molecule has 1 heterocycles. The highest BCUT2D eigenvalue weighted by atomic mass is 32.2. The predicted molar refractivity (Wildman–Crippen MR) is 70.2 cm³/mol. The lowest BCUT2D eigenvalue weighted by Gasteiger charge is -2.36. The molecule has 0 aromatic heterocycles. The summed E-state index contributed by atoms with van der Waals surface area (Å²) in [4.78, 5) is 13.7. The van der Waals surface area contributed by atoms with Gasteiger partial charge in [0.05, 0.1) is 0 Å². The van der Waals surface area contributed by atoms with Crippen molar-refractivity contribution in [3.8, 4) is 0 Å². The van der Waals surface area contributed by atoms with Crippen molar-refractivity contribution in [3.05, 3.63) is 0 Å². The van der Waals surface area contributed by atoms with Crippen molar-refractivity contribution in [2.75, 3.05) is 31.1 Å². The molecule has 6 heteroatoms. The fourth-order valence-electron chi connectivity index (χ4n) is 2.11. The van der Waals surface area contributed by atoms with E-state index in [4.69, 9.17) is 5.73 Å². The number of hydrogen-bond donors (Lipinski definition) is 2. The lowest BCUT2D eigenvalue weighted by atomic mass is 9.99. The van der Waals surface area contributed by atoms with E-state index in [9.17, 15) is 9.00 Å². The molecule has 3 N–H and O–H groups in total. The Kier molecular flexibility index (Phi) is 5.09. The second-order valence-electron chi connectivity index (χ2n) is 5.12. The molecule has 0 aromatic carbocycles. The zero-order chi connectivity index (χ0) is 13.1. The van der Waals surface area contributed by atoms with E-state index in [1.54, 1.807) is 0 Å². The van der Waals surface area contributed by atoms with Gasteiger partial charge in [-0.2, -0.15) is 0 Å². The zero-order valence-electron chi connectivity index (χ0n) is 10.9. The summed E-state index contributed by atoms with van der Waals surface area (Å²) in [5, 5.41) is 3.22. The monoisotopic (exact) mass is 261 g/mol. The van der Waals surface area contributed by atoms with Crippen molar-refractivity contribution in [3.63, 3.8) is 0 Å². The zero-order valence-corrected chi connectivity index (χ0v) is 11.7. The fourth-order valence-corrected chi connectivity index (χ4v) is 3.24. The van der Waals surface area contributed by atoms with Crippen LogP contribution in [-0.2, 0) is 15.6 Å². The number of nitrogens with zero attached hydrogens (tertiary/aromatic N) is 1. The van der Waals surface area contributed by atoms with Crippen LogP contribution in [0.5, 0.6) is 0 Å². The van der Waals surface area contributed by atoms with Crippen LogP contribution in [-0.4, -0.2) is 57.7 Å². The van der Waals surface area contributed by atoms with E-state index in [2.05, 4.69) is 10.2 Å². The number of hydrogen-bond acceptors (Lipinski definition) is 4. The summed E-state index contributed by atoms with van der Waals surface area (Å²) in [6.45, 7) is 7.95. The van der Waals surface area contributed by atoms with Gasteiger partial charge in [0.15, 0.2) is 0 Å². The molecule has 0 radical (unpaired) electrons. The highest BCUT2D eigenvalue weighted by Gasteiger charge is 2.34. The molecule has 5 nitrogen and oxygen atoms in total. The molecule has 1 rings (SSSR count). The molecule has 1 aliphatic rings. The molecule has 1 fully saturated rings. The molecular formula is C11H23N3O2S. The molecule has 0 saturated carbocycles. The van der Waals surface area contributed by atoms with Crippen LogP contribution in [0.15, 0.2) is 0 Å². The van der Waals surface area contributed by atoms with Crippen LogP contribution in [0.2, 0.25) is 0 Å². The third kappa shape index (κ3) is 4.37. The van der Waals surface area contributed by atoms with E-state index < -0.39 is 16.3 Å². The van der Waals surface area contributed by atoms with Crippen LogP contribution in [0.1, 0.15) is 20.8 Å². The average Bonchev–Trinajstić information content (AvgIpc) is 2.20. The van der Waals surface area contributed by atoms with Crippen molar-refractivity contribution < 1.29 is 9.00 Å².